The van der Waals surface area contributed by atoms with Gasteiger partial charge in [0.2, 0.25) is 0 Å². The zero-order valence-electron chi connectivity index (χ0n) is 9.87. The molecule has 2 unspecified atom stereocenters. The Morgan fingerprint density at radius 1 is 1.40 bits per heavy atom. The van der Waals surface area contributed by atoms with E-state index in [0.717, 1.165) is 12.5 Å². The number of hydrogen-bond donors (Lipinski definition) is 1. The first-order chi connectivity index (χ1) is 7.27. The van der Waals surface area contributed by atoms with Crippen molar-refractivity contribution in [3.8, 4) is 0 Å². The molecule has 0 aromatic rings. The van der Waals surface area contributed by atoms with E-state index < -0.39 is 0 Å². The fourth-order valence-corrected chi connectivity index (χ4v) is 4.08. The van der Waals surface area contributed by atoms with Crippen LogP contribution in [0.25, 0.3) is 0 Å². The summed E-state index contributed by atoms with van der Waals surface area (Å²) in [6.07, 6.45) is 5.38. The van der Waals surface area contributed by atoms with Crippen LogP contribution in [-0.4, -0.2) is 41.6 Å². The fraction of sp³-hybridized carbons (Fsp3) is 1.00. The summed E-state index contributed by atoms with van der Waals surface area (Å²) >= 11 is 2.11. The fourth-order valence-electron chi connectivity index (χ4n) is 3.19. The third-order valence-corrected chi connectivity index (χ3v) is 5.15. The summed E-state index contributed by atoms with van der Waals surface area (Å²) in [4.78, 5) is 2.70. The number of hydrogen-bond acceptors (Lipinski definition) is 3. The monoisotopic (exact) mass is 228 g/mol. The number of nitrogens with zero attached hydrogens (tertiary/aromatic N) is 1. The maximum atomic E-state index is 6.06. The lowest BCUT2D eigenvalue weighted by Crippen LogP contribution is -2.53. The Morgan fingerprint density at radius 2 is 2.27 bits per heavy atom. The molecule has 1 saturated heterocycles. The summed E-state index contributed by atoms with van der Waals surface area (Å²) in [5.41, 5.74) is 6.43. The molecule has 2 aliphatic rings. The van der Waals surface area contributed by atoms with E-state index >= 15 is 0 Å². The molecule has 1 heterocycles. The van der Waals surface area contributed by atoms with Crippen molar-refractivity contribution in [2.24, 2.45) is 11.7 Å². The van der Waals surface area contributed by atoms with Crippen LogP contribution in [0.4, 0.5) is 0 Å². The lowest BCUT2D eigenvalue weighted by Gasteiger charge is -2.40. The first-order valence-electron chi connectivity index (χ1n) is 6.30. The van der Waals surface area contributed by atoms with Gasteiger partial charge in [-0.3, -0.25) is 4.90 Å². The van der Waals surface area contributed by atoms with Crippen LogP contribution in [-0.2, 0) is 0 Å². The van der Waals surface area contributed by atoms with Crippen molar-refractivity contribution in [3.05, 3.63) is 0 Å². The number of rotatable bonds is 2. The predicted molar refractivity (Wildman–Crippen MR) is 68.3 cm³/mol. The van der Waals surface area contributed by atoms with Gasteiger partial charge >= 0.3 is 0 Å². The Bertz CT molecular complexity index is 202. The molecule has 0 spiro atoms. The molecular weight excluding hydrogens is 204 g/mol. The van der Waals surface area contributed by atoms with Crippen molar-refractivity contribution in [1.29, 1.82) is 0 Å². The molecule has 2 nitrogen and oxygen atoms in total. The van der Waals surface area contributed by atoms with Crippen molar-refractivity contribution >= 4 is 11.8 Å². The third kappa shape index (κ3) is 2.51. The highest BCUT2D eigenvalue weighted by molar-refractivity contribution is 7.99. The van der Waals surface area contributed by atoms with Crippen molar-refractivity contribution in [2.45, 2.75) is 38.1 Å². The van der Waals surface area contributed by atoms with Gasteiger partial charge in [0, 0.05) is 24.4 Å². The van der Waals surface area contributed by atoms with Crippen LogP contribution in [0.15, 0.2) is 0 Å². The highest BCUT2D eigenvalue weighted by atomic mass is 32.2. The minimum atomic E-state index is 0.365. The predicted octanol–water partition coefficient (Wildman–Crippen LogP) is 1.94. The Hall–Kier alpha value is 0.270. The molecule has 0 aromatic heterocycles. The molecule has 1 saturated carbocycles. The van der Waals surface area contributed by atoms with E-state index in [9.17, 15) is 0 Å². The SMILES string of the molecule is CC1CCC(CN)(N2CCCSCC2)C1. The molecule has 2 fully saturated rings. The zero-order chi connectivity index (χ0) is 10.7. The molecule has 0 radical (unpaired) electrons. The normalized spacial score (nSPS) is 39.2. The lowest BCUT2D eigenvalue weighted by molar-refractivity contribution is 0.105. The van der Waals surface area contributed by atoms with Gasteiger partial charge in [-0.25, -0.2) is 0 Å². The number of nitrogens with two attached hydrogens (primary N) is 1. The van der Waals surface area contributed by atoms with E-state index in [-0.39, 0.29) is 0 Å². The van der Waals surface area contributed by atoms with E-state index in [4.69, 9.17) is 5.73 Å². The lowest BCUT2D eigenvalue weighted by atomic mass is 9.93. The summed E-state index contributed by atoms with van der Waals surface area (Å²) in [5.74, 6) is 3.52. The maximum absolute atomic E-state index is 6.06. The summed E-state index contributed by atoms with van der Waals surface area (Å²) in [5, 5.41) is 0. The van der Waals surface area contributed by atoms with Gasteiger partial charge in [-0.05, 0) is 43.9 Å². The first kappa shape index (κ1) is 11.7. The molecule has 1 aliphatic heterocycles. The minimum absolute atomic E-state index is 0.365. The average molecular weight is 228 g/mol. The standard InChI is InChI=1S/C12H24N2S/c1-11-3-4-12(9-11,10-13)14-5-2-7-15-8-6-14/h11H,2-10,13H2,1H3. The van der Waals surface area contributed by atoms with Crippen molar-refractivity contribution in [3.63, 3.8) is 0 Å². The molecule has 88 valence electrons. The second-order valence-electron chi connectivity index (χ2n) is 5.23. The Balaban J connectivity index is 2.03. The van der Waals surface area contributed by atoms with E-state index in [1.165, 1.54) is 50.3 Å². The van der Waals surface area contributed by atoms with Crippen LogP contribution in [0.3, 0.4) is 0 Å². The van der Waals surface area contributed by atoms with E-state index in [2.05, 4.69) is 23.6 Å². The van der Waals surface area contributed by atoms with Crippen molar-refractivity contribution < 1.29 is 0 Å². The summed E-state index contributed by atoms with van der Waals surface area (Å²) in [6, 6.07) is 0. The molecule has 2 atom stereocenters. The van der Waals surface area contributed by atoms with Gasteiger partial charge in [0.15, 0.2) is 0 Å². The van der Waals surface area contributed by atoms with E-state index in [1.807, 2.05) is 0 Å². The molecule has 0 amide bonds. The summed E-state index contributed by atoms with van der Waals surface area (Å²) in [6.45, 7) is 5.78. The third-order valence-electron chi connectivity index (χ3n) is 4.10. The van der Waals surface area contributed by atoms with Gasteiger partial charge in [-0.1, -0.05) is 6.92 Å². The van der Waals surface area contributed by atoms with Gasteiger partial charge in [0.25, 0.3) is 0 Å². The molecule has 15 heavy (non-hydrogen) atoms. The highest BCUT2D eigenvalue weighted by Crippen LogP contribution is 2.38. The number of thioether (sulfide) groups is 1. The molecular formula is C12H24N2S. The minimum Gasteiger partial charge on any atom is -0.329 e. The second kappa shape index (κ2) is 5.07. The zero-order valence-corrected chi connectivity index (χ0v) is 10.7. The second-order valence-corrected chi connectivity index (χ2v) is 6.45. The van der Waals surface area contributed by atoms with Gasteiger partial charge < -0.3 is 5.73 Å². The molecule has 0 bridgehead atoms. The smallest absolute Gasteiger partial charge is 0.0334 e. The largest absolute Gasteiger partial charge is 0.329 e. The summed E-state index contributed by atoms with van der Waals surface area (Å²) in [7, 11) is 0. The van der Waals surface area contributed by atoms with Gasteiger partial charge in [0.1, 0.15) is 0 Å². The Labute approximate surface area is 98.0 Å². The maximum Gasteiger partial charge on any atom is 0.0334 e. The molecule has 2 rings (SSSR count). The molecule has 1 aliphatic carbocycles. The van der Waals surface area contributed by atoms with Crippen molar-refractivity contribution in [1.82, 2.24) is 4.90 Å². The molecule has 3 heteroatoms. The van der Waals surface area contributed by atoms with Crippen LogP contribution in [0, 0.1) is 5.92 Å². The Morgan fingerprint density at radius 3 is 2.93 bits per heavy atom. The molecule has 0 aromatic carbocycles. The quantitative estimate of drug-likeness (QED) is 0.783. The Kier molecular flexibility index (Phi) is 3.97. The van der Waals surface area contributed by atoms with E-state index in [0.29, 0.717) is 5.54 Å². The highest BCUT2D eigenvalue weighted by Gasteiger charge is 2.41. The van der Waals surface area contributed by atoms with Crippen LogP contribution in [0.2, 0.25) is 0 Å². The van der Waals surface area contributed by atoms with Gasteiger partial charge in [-0.15, -0.1) is 0 Å². The van der Waals surface area contributed by atoms with Crippen LogP contribution < -0.4 is 5.73 Å². The van der Waals surface area contributed by atoms with Gasteiger partial charge in [-0.2, -0.15) is 11.8 Å². The molecule has 2 N–H and O–H groups in total. The topological polar surface area (TPSA) is 29.3 Å². The van der Waals surface area contributed by atoms with Crippen LogP contribution in [0.5, 0.6) is 0 Å². The van der Waals surface area contributed by atoms with Gasteiger partial charge in [0.05, 0.1) is 0 Å². The van der Waals surface area contributed by atoms with Crippen LogP contribution in [0.1, 0.15) is 32.6 Å². The average Bonchev–Trinajstić information content (AvgIpc) is 2.49. The van der Waals surface area contributed by atoms with Crippen molar-refractivity contribution in [2.75, 3.05) is 31.1 Å². The summed E-state index contributed by atoms with van der Waals surface area (Å²) < 4.78 is 0. The first-order valence-corrected chi connectivity index (χ1v) is 7.45. The van der Waals surface area contributed by atoms with Crippen LogP contribution >= 0.6 is 11.8 Å². The van der Waals surface area contributed by atoms with E-state index in [1.54, 1.807) is 0 Å².